The maximum Gasteiger partial charge on any atom is 0.342 e. The van der Waals surface area contributed by atoms with Gasteiger partial charge in [-0.15, -0.1) is 0 Å². The average Bonchev–Trinajstić information content (AvgIpc) is 2.22. The lowest BCUT2D eigenvalue weighted by atomic mass is 10.3. The molecular formula is C9H12N2O5. The van der Waals surface area contributed by atoms with Gasteiger partial charge in [-0.1, -0.05) is 0 Å². The van der Waals surface area contributed by atoms with Gasteiger partial charge in [0.2, 0.25) is 0 Å². The molecular weight excluding hydrogens is 216 g/mol. The molecule has 1 heterocycles. The highest BCUT2D eigenvalue weighted by atomic mass is 16.5. The van der Waals surface area contributed by atoms with Gasteiger partial charge in [-0.2, -0.15) is 0 Å². The summed E-state index contributed by atoms with van der Waals surface area (Å²) >= 11 is 0. The minimum atomic E-state index is -1.36. The summed E-state index contributed by atoms with van der Waals surface area (Å²) in [5, 5.41) is 8.69. The van der Waals surface area contributed by atoms with E-state index in [1.54, 1.807) is 0 Å². The van der Waals surface area contributed by atoms with E-state index in [0.717, 1.165) is 10.8 Å². The molecule has 0 radical (unpaired) electrons. The number of nitrogens with one attached hydrogen (secondary N) is 1. The minimum Gasteiger partial charge on any atom is -0.477 e. The number of carboxylic acids is 1. The van der Waals surface area contributed by atoms with Crippen LogP contribution in [-0.2, 0) is 11.3 Å². The second kappa shape index (κ2) is 5.26. The van der Waals surface area contributed by atoms with Crippen molar-refractivity contribution in [3.05, 3.63) is 32.6 Å². The van der Waals surface area contributed by atoms with E-state index in [1.807, 2.05) is 0 Å². The molecule has 0 aliphatic rings. The summed E-state index contributed by atoms with van der Waals surface area (Å²) in [4.78, 5) is 35.7. The molecule has 1 aromatic rings. The molecule has 0 aromatic carbocycles. The van der Waals surface area contributed by atoms with Crippen LogP contribution < -0.4 is 11.2 Å². The maximum absolute atomic E-state index is 11.5. The smallest absolute Gasteiger partial charge is 0.342 e. The van der Waals surface area contributed by atoms with E-state index in [4.69, 9.17) is 9.84 Å². The number of nitrogens with zero attached hydrogens (tertiary/aromatic N) is 1. The van der Waals surface area contributed by atoms with Gasteiger partial charge < -0.3 is 14.8 Å². The molecule has 0 spiro atoms. The van der Waals surface area contributed by atoms with Gasteiger partial charge in [0, 0.05) is 26.5 Å². The fraction of sp³-hybridized carbons (Fsp3) is 0.444. The Morgan fingerprint density at radius 3 is 2.81 bits per heavy atom. The predicted octanol–water partition coefficient (Wildman–Crippen LogP) is -0.729. The highest BCUT2D eigenvalue weighted by molar-refractivity contribution is 5.86. The van der Waals surface area contributed by atoms with Crippen molar-refractivity contribution < 1.29 is 14.6 Å². The second-order valence-electron chi connectivity index (χ2n) is 3.12. The Bertz CT molecular complexity index is 487. The summed E-state index contributed by atoms with van der Waals surface area (Å²) in [7, 11) is 1.50. The Morgan fingerprint density at radius 2 is 2.25 bits per heavy atom. The average molecular weight is 228 g/mol. The third-order valence-electron chi connectivity index (χ3n) is 2.02. The van der Waals surface area contributed by atoms with Crippen molar-refractivity contribution >= 4 is 5.97 Å². The number of carbonyl (C=O) groups is 1. The number of aromatic carboxylic acids is 1. The molecule has 0 bridgehead atoms. The number of rotatable bonds is 5. The first-order chi connectivity index (χ1) is 7.57. The number of aromatic amines is 1. The molecule has 2 N–H and O–H groups in total. The molecule has 0 amide bonds. The lowest BCUT2D eigenvalue weighted by Crippen LogP contribution is -2.38. The van der Waals surface area contributed by atoms with Gasteiger partial charge in [0.05, 0.1) is 0 Å². The number of hydrogen-bond donors (Lipinski definition) is 2. The van der Waals surface area contributed by atoms with Crippen LogP contribution in [0.25, 0.3) is 0 Å². The summed E-state index contributed by atoms with van der Waals surface area (Å²) in [6, 6.07) is 0. The summed E-state index contributed by atoms with van der Waals surface area (Å²) in [6.45, 7) is 0.520. The van der Waals surface area contributed by atoms with Gasteiger partial charge in [-0.25, -0.2) is 9.59 Å². The zero-order valence-corrected chi connectivity index (χ0v) is 8.73. The predicted molar refractivity (Wildman–Crippen MR) is 54.8 cm³/mol. The van der Waals surface area contributed by atoms with Crippen molar-refractivity contribution in [2.75, 3.05) is 13.7 Å². The van der Waals surface area contributed by atoms with E-state index >= 15 is 0 Å². The quantitative estimate of drug-likeness (QED) is 0.647. The number of carboxylic acid groups (broad SMARTS) is 1. The third-order valence-corrected chi connectivity index (χ3v) is 2.02. The van der Waals surface area contributed by atoms with E-state index in [2.05, 4.69) is 4.98 Å². The molecule has 0 aliphatic carbocycles. The topological polar surface area (TPSA) is 101 Å². The summed E-state index contributed by atoms with van der Waals surface area (Å²) in [5.74, 6) is -1.36. The van der Waals surface area contributed by atoms with Gasteiger partial charge in [0.25, 0.3) is 5.56 Å². The SMILES string of the molecule is COCCCn1c(=O)[nH]cc(C(=O)O)c1=O. The minimum absolute atomic E-state index is 0.128. The van der Waals surface area contributed by atoms with Gasteiger partial charge in [-0.05, 0) is 6.42 Å². The van der Waals surface area contributed by atoms with Crippen molar-refractivity contribution in [3.63, 3.8) is 0 Å². The molecule has 0 fully saturated rings. The first-order valence-electron chi connectivity index (χ1n) is 4.62. The summed E-state index contributed by atoms with van der Waals surface area (Å²) in [6.07, 6.45) is 1.36. The van der Waals surface area contributed by atoms with Crippen molar-refractivity contribution in [3.8, 4) is 0 Å². The van der Waals surface area contributed by atoms with Crippen LogP contribution in [0.15, 0.2) is 15.8 Å². The van der Waals surface area contributed by atoms with Crippen LogP contribution in [0.3, 0.4) is 0 Å². The fourth-order valence-electron chi connectivity index (χ4n) is 1.23. The van der Waals surface area contributed by atoms with Crippen molar-refractivity contribution in [1.29, 1.82) is 0 Å². The van der Waals surface area contributed by atoms with Crippen LogP contribution in [0, 0.1) is 0 Å². The van der Waals surface area contributed by atoms with Crippen LogP contribution in [0.4, 0.5) is 0 Å². The van der Waals surface area contributed by atoms with Crippen LogP contribution in [0.5, 0.6) is 0 Å². The molecule has 7 nitrogen and oxygen atoms in total. The largest absolute Gasteiger partial charge is 0.477 e. The van der Waals surface area contributed by atoms with Crippen molar-refractivity contribution in [2.24, 2.45) is 0 Å². The second-order valence-corrected chi connectivity index (χ2v) is 3.12. The van der Waals surface area contributed by atoms with E-state index in [0.29, 0.717) is 13.0 Å². The van der Waals surface area contributed by atoms with Crippen LogP contribution >= 0.6 is 0 Å². The Morgan fingerprint density at radius 1 is 1.56 bits per heavy atom. The summed E-state index contributed by atoms with van der Waals surface area (Å²) < 4.78 is 5.63. The van der Waals surface area contributed by atoms with Gasteiger partial charge >= 0.3 is 11.7 Å². The van der Waals surface area contributed by atoms with Crippen LogP contribution in [0.1, 0.15) is 16.8 Å². The first-order valence-corrected chi connectivity index (χ1v) is 4.62. The van der Waals surface area contributed by atoms with Crippen molar-refractivity contribution in [2.45, 2.75) is 13.0 Å². The Kier molecular flexibility index (Phi) is 4.01. The Labute approximate surface area is 90.3 Å². The van der Waals surface area contributed by atoms with Gasteiger partial charge in [0.1, 0.15) is 5.56 Å². The molecule has 88 valence electrons. The number of H-pyrrole nitrogens is 1. The zero-order valence-electron chi connectivity index (χ0n) is 8.73. The number of hydrogen-bond acceptors (Lipinski definition) is 4. The van der Waals surface area contributed by atoms with E-state index < -0.39 is 22.8 Å². The van der Waals surface area contributed by atoms with Gasteiger partial charge in [0.15, 0.2) is 0 Å². The fourth-order valence-corrected chi connectivity index (χ4v) is 1.23. The van der Waals surface area contributed by atoms with Gasteiger partial charge in [-0.3, -0.25) is 9.36 Å². The molecule has 0 saturated heterocycles. The Hall–Kier alpha value is -1.89. The third kappa shape index (κ3) is 2.57. The molecule has 7 heteroatoms. The van der Waals surface area contributed by atoms with Crippen LogP contribution in [-0.4, -0.2) is 34.3 Å². The molecule has 0 aliphatic heterocycles. The molecule has 0 unspecified atom stereocenters. The zero-order chi connectivity index (χ0) is 12.1. The number of ether oxygens (including phenoxy) is 1. The molecule has 1 rings (SSSR count). The molecule has 16 heavy (non-hydrogen) atoms. The number of methoxy groups -OCH3 is 1. The normalized spacial score (nSPS) is 10.3. The van der Waals surface area contributed by atoms with Crippen molar-refractivity contribution in [1.82, 2.24) is 9.55 Å². The van der Waals surface area contributed by atoms with E-state index in [-0.39, 0.29) is 6.54 Å². The lowest BCUT2D eigenvalue weighted by molar-refractivity contribution is 0.0693. The highest BCUT2D eigenvalue weighted by Gasteiger charge is 2.12. The van der Waals surface area contributed by atoms with E-state index in [9.17, 15) is 14.4 Å². The number of aromatic nitrogens is 2. The summed E-state index contributed by atoms with van der Waals surface area (Å²) in [5.41, 5.74) is -1.87. The first kappa shape index (κ1) is 12.2. The molecule has 0 atom stereocenters. The lowest BCUT2D eigenvalue weighted by Gasteiger charge is -2.04. The highest BCUT2D eigenvalue weighted by Crippen LogP contribution is 1.88. The van der Waals surface area contributed by atoms with Crippen LogP contribution in [0.2, 0.25) is 0 Å². The monoisotopic (exact) mass is 228 g/mol. The van der Waals surface area contributed by atoms with E-state index in [1.165, 1.54) is 7.11 Å². The molecule has 1 aromatic heterocycles. The Balaban J connectivity index is 3.07. The molecule has 0 saturated carbocycles. The standard InChI is InChI=1S/C9H12N2O5/c1-16-4-2-3-11-7(12)6(8(13)14)5-10-9(11)15/h5H,2-4H2,1H3,(H,10,15)(H,13,14). The maximum atomic E-state index is 11.5.